The first kappa shape index (κ1) is 26.7. The summed E-state index contributed by atoms with van der Waals surface area (Å²) < 4.78 is 21.3. The van der Waals surface area contributed by atoms with Gasteiger partial charge < -0.3 is 10.1 Å². The van der Waals surface area contributed by atoms with E-state index >= 15 is 0 Å². The van der Waals surface area contributed by atoms with Crippen LogP contribution in [-0.4, -0.2) is 28.4 Å². The average Bonchev–Trinajstić information content (AvgIpc) is 2.84. The Hall–Kier alpha value is -3.37. The summed E-state index contributed by atoms with van der Waals surface area (Å²) in [6, 6.07) is 16.1. The zero-order valence-electron chi connectivity index (χ0n) is 20.3. The SMILES string of the molecule is CC(C)(C)c1nc2ccc(Br)cc2c(=O)n1N=Cc1ccc(OCC(=O)Nc2ccc(F)cc2)c(Br)c1. The van der Waals surface area contributed by atoms with Gasteiger partial charge in [0.25, 0.3) is 11.5 Å². The minimum absolute atomic E-state index is 0.230. The van der Waals surface area contributed by atoms with Crippen LogP contribution in [0.2, 0.25) is 0 Å². The predicted molar refractivity (Wildman–Crippen MR) is 150 cm³/mol. The molecule has 0 aliphatic carbocycles. The van der Waals surface area contributed by atoms with E-state index in [1.807, 2.05) is 26.8 Å². The van der Waals surface area contributed by atoms with Crippen molar-refractivity contribution in [3.63, 3.8) is 0 Å². The van der Waals surface area contributed by atoms with Crippen LogP contribution in [-0.2, 0) is 10.2 Å². The van der Waals surface area contributed by atoms with Crippen LogP contribution in [0.3, 0.4) is 0 Å². The molecule has 3 aromatic carbocycles. The van der Waals surface area contributed by atoms with Crippen LogP contribution in [0.15, 0.2) is 79.5 Å². The van der Waals surface area contributed by atoms with Gasteiger partial charge in [0.2, 0.25) is 0 Å². The Bertz CT molecular complexity index is 1560. The van der Waals surface area contributed by atoms with Gasteiger partial charge in [-0.25, -0.2) is 9.37 Å². The van der Waals surface area contributed by atoms with Crippen molar-refractivity contribution in [1.82, 2.24) is 9.66 Å². The zero-order valence-corrected chi connectivity index (χ0v) is 23.4. The summed E-state index contributed by atoms with van der Waals surface area (Å²) in [5.41, 5.74) is 1.10. The van der Waals surface area contributed by atoms with Crippen LogP contribution < -0.4 is 15.6 Å². The first-order chi connectivity index (χ1) is 17.5. The quantitative estimate of drug-likeness (QED) is 0.255. The highest BCUT2D eigenvalue weighted by Crippen LogP contribution is 2.26. The fourth-order valence-electron chi connectivity index (χ4n) is 3.45. The summed E-state index contributed by atoms with van der Waals surface area (Å²) in [6.45, 7) is 5.69. The maximum absolute atomic E-state index is 13.3. The minimum Gasteiger partial charge on any atom is -0.483 e. The van der Waals surface area contributed by atoms with Crippen LogP contribution in [0.1, 0.15) is 32.2 Å². The zero-order chi connectivity index (χ0) is 26.7. The second-order valence-corrected chi connectivity index (χ2v) is 11.0. The van der Waals surface area contributed by atoms with E-state index in [2.05, 4.69) is 42.3 Å². The first-order valence-electron chi connectivity index (χ1n) is 11.3. The maximum Gasteiger partial charge on any atom is 0.282 e. The maximum atomic E-state index is 13.3. The Morgan fingerprint density at radius 1 is 1.11 bits per heavy atom. The molecule has 10 heteroatoms. The molecule has 1 N–H and O–H groups in total. The lowest BCUT2D eigenvalue weighted by molar-refractivity contribution is -0.118. The Morgan fingerprint density at radius 3 is 2.51 bits per heavy atom. The number of fused-ring (bicyclic) bond motifs is 1. The topological polar surface area (TPSA) is 85.6 Å². The van der Waals surface area contributed by atoms with Gasteiger partial charge >= 0.3 is 0 Å². The molecule has 0 aliphatic rings. The number of nitrogens with zero attached hydrogens (tertiary/aromatic N) is 3. The summed E-state index contributed by atoms with van der Waals surface area (Å²) in [4.78, 5) is 30.2. The normalized spacial score (nSPS) is 11.7. The van der Waals surface area contributed by atoms with Gasteiger partial charge in [-0.05, 0) is 82.2 Å². The second-order valence-electron chi connectivity index (χ2n) is 9.24. The average molecular weight is 630 g/mol. The molecule has 1 amide bonds. The van der Waals surface area contributed by atoms with E-state index < -0.39 is 5.41 Å². The van der Waals surface area contributed by atoms with Gasteiger partial charge in [0, 0.05) is 15.6 Å². The van der Waals surface area contributed by atoms with Crippen LogP contribution >= 0.6 is 31.9 Å². The summed E-state index contributed by atoms with van der Waals surface area (Å²) in [6.07, 6.45) is 1.57. The first-order valence-corrected chi connectivity index (χ1v) is 12.8. The molecular weight excluding hydrogens is 607 g/mol. The van der Waals surface area contributed by atoms with Crippen molar-refractivity contribution in [2.45, 2.75) is 26.2 Å². The molecule has 0 atom stereocenters. The number of benzene rings is 3. The van der Waals surface area contributed by atoms with Crippen molar-refractivity contribution in [2.75, 3.05) is 11.9 Å². The molecule has 0 aliphatic heterocycles. The molecule has 4 rings (SSSR count). The van der Waals surface area contributed by atoms with Crippen molar-refractivity contribution in [3.05, 3.63) is 97.2 Å². The van der Waals surface area contributed by atoms with Gasteiger partial charge in [-0.3, -0.25) is 9.59 Å². The number of carbonyl (C=O) groups excluding carboxylic acids is 1. The van der Waals surface area contributed by atoms with Crippen LogP contribution in [0.25, 0.3) is 10.9 Å². The van der Waals surface area contributed by atoms with Gasteiger partial charge in [0.05, 0.1) is 21.6 Å². The fraction of sp³-hybridized carbons (Fsp3) is 0.185. The van der Waals surface area contributed by atoms with Crippen molar-refractivity contribution in [3.8, 4) is 5.75 Å². The lowest BCUT2D eigenvalue weighted by Crippen LogP contribution is -2.29. The second kappa shape index (κ2) is 10.9. The van der Waals surface area contributed by atoms with E-state index in [0.29, 0.717) is 38.2 Å². The number of amides is 1. The highest BCUT2D eigenvalue weighted by molar-refractivity contribution is 9.10. The number of nitrogens with one attached hydrogen (secondary N) is 1. The molecule has 0 spiro atoms. The molecule has 0 unspecified atom stereocenters. The molecular formula is C27H23Br2FN4O3. The summed E-state index contributed by atoms with van der Waals surface area (Å²) in [7, 11) is 0. The van der Waals surface area contributed by atoms with E-state index in [9.17, 15) is 14.0 Å². The molecule has 0 radical (unpaired) electrons. The van der Waals surface area contributed by atoms with Gasteiger partial charge in [-0.2, -0.15) is 9.78 Å². The molecule has 0 fully saturated rings. The molecule has 37 heavy (non-hydrogen) atoms. The number of aromatic nitrogens is 2. The number of carbonyl (C=O) groups is 1. The molecule has 1 aromatic heterocycles. The van der Waals surface area contributed by atoms with Gasteiger partial charge in [-0.15, -0.1) is 0 Å². The minimum atomic E-state index is -0.426. The van der Waals surface area contributed by atoms with Crippen LogP contribution in [0, 0.1) is 5.82 Å². The fourth-order valence-corrected chi connectivity index (χ4v) is 4.33. The summed E-state index contributed by atoms with van der Waals surface area (Å²) in [5.74, 6) is 0.228. The highest BCUT2D eigenvalue weighted by atomic mass is 79.9. The third-order valence-corrected chi connectivity index (χ3v) is 6.36. The Labute approximate surface area is 229 Å². The number of hydrogen-bond acceptors (Lipinski definition) is 5. The monoisotopic (exact) mass is 628 g/mol. The Balaban J connectivity index is 1.53. The van der Waals surface area contributed by atoms with E-state index in [-0.39, 0.29) is 23.9 Å². The molecule has 0 bridgehead atoms. The van der Waals surface area contributed by atoms with Crippen LogP contribution in [0.5, 0.6) is 5.75 Å². The number of rotatable bonds is 6. The van der Waals surface area contributed by atoms with E-state index in [0.717, 1.165) is 4.47 Å². The van der Waals surface area contributed by atoms with Crippen molar-refractivity contribution < 1.29 is 13.9 Å². The molecule has 4 aromatic rings. The van der Waals surface area contributed by atoms with E-state index in [1.54, 1.807) is 36.5 Å². The van der Waals surface area contributed by atoms with Gasteiger partial charge in [0.15, 0.2) is 6.61 Å². The smallest absolute Gasteiger partial charge is 0.282 e. The lowest BCUT2D eigenvalue weighted by Gasteiger charge is -2.20. The summed E-state index contributed by atoms with van der Waals surface area (Å²) >= 11 is 6.86. The number of hydrogen-bond donors (Lipinski definition) is 1. The van der Waals surface area contributed by atoms with Crippen molar-refractivity contribution in [1.29, 1.82) is 0 Å². The third-order valence-electron chi connectivity index (χ3n) is 5.24. The van der Waals surface area contributed by atoms with Crippen molar-refractivity contribution in [2.24, 2.45) is 5.10 Å². The third kappa shape index (κ3) is 6.50. The molecule has 0 saturated heterocycles. The Kier molecular flexibility index (Phi) is 7.89. The molecule has 0 saturated carbocycles. The standard InChI is InChI=1S/C27H23Br2FN4O3/c1-27(2,3)26-33-22-10-5-17(28)13-20(22)25(36)34(26)31-14-16-4-11-23(21(29)12-16)37-15-24(35)32-19-8-6-18(30)7-9-19/h4-14H,15H2,1-3H3,(H,32,35). The molecule has 7 nitrogen and oxygen atoms in total. The van der Waals surface area contributed by atoms with Crippen molar-refractivity contribution >= 4 is 60.6 Å². The molecule has 1 heterocycles. The number of anilines is 1. The van der Waals surface area contributed by atoms with E-state index in [1.165, 1.54) is 28.9 Å². The van der Waals surface area contributed by atoms with Crippen LogP contribution in [0.4, 0.5) is 10.1 Å². The predicted octanol–water partition coefficient (Wildman–Crippen LogP) is 6.26. The molecule has 190 valence electrons. The highest BCUT2D eigenvalue weighted by Gasteiger charge is 2.23. The number of ether oxygens (including phenoxy) is 1. The number of halogens is 3. The summed E-state index contributed by atoms with van der Waals surface area (Å²) in [5, 5.41) is 7.57. The largest absolute Gasteiger partial charge is 0.483 e. The van der Waals surface area contributed by atoms with Gasteiger partial charge in [-0.1, -0.05) is 36.7 Å². The Morgan fingerprint density at radius 2 is 1.84 bits per heavy atom. The lowest BCUT2D eigenvalue weighted by atomic mass is 9.95. The van der Waals surface area contributed by atoms with E-state index in [4.69, 9.17) is 9.72 Å². The van der Waals surface area contributed by atoms with Gasteiger partial charge in [0.1, 0.15) is 17.4 Å².